The standard InChI is InChI=1S/C22H23ClN2O3/c1-13(2)25(22(27)15-5-7-16(23)8-6-15)21(26)12-18-14(3)24-20-10-9-17(28-4)11-19(18)20/h5-11,13,24H,12H2,1-4H3. The van der Waals surface area contributed by atoms with Gasteiger partial charge in [0.05, 0.1) is 13.5 Å². The van der Waals surface area contributed by atoms with E-state index in [9.17, 15) is 9.59 Å². The Morgan fingerprint density at radius 3 is 2.43 bits per heavy atom. The van der Waals surface area contributed by atoms with Crippen LogP contribution in [0.25, 0.3) is 10.9 Å². The highest BCUT2D eigenvalue weighted by molar-refractivity contribution is 6.30. The van der Waals surface area contributed by atoms with Gasteiger partial charge in [-0.3, -0.25) is 14.5 Å². The van der Waals surface area contributed by atoms with Gasteiger partial charge in [-0.15, -0.1) is 0 Å². The number of amides is 2. The molecule has 3 aromatic rings. The number of imide groups is 1. The van der Waals surface area contributed by atoms with Crippen molar-refractivity contribution in [3.05, 3.63) is 64.3 Å². The molecule has 6 heteroatoms. The summed E-state index contributed by atoms with van der Waals surface area (Å²) in [6, 6.07) is 12.0. The number of carbonyl (C=O) groups excluding carboxylic acids is 2. The van der Waals surface area contributed by atoms with Gasteiger partial charge in [0.2, 0.25) is 5.91 Å². The van der Waals surface area contributed by atoms with E-state index >= 15 is 0 Å². The lowest BCUT2D eigenvalue weighted by atomic mass is 10.1. The van der Waals surface area contributed by atoms with E-state index in [1.165, 1.54) is 4.90 Å². The Hall–Kier alpha value is -2.79. The molecule has 0 bridgehead atoms. The second kappa shape index (κ2) is 8.07. The second-order valence-corrected chi connectivity index (χ2v) is 7.42. The van der Waals surface area contributed by atoms with Crippen molar-refractivity contribution >= 4 is 34.3 Å². The molecule has 0 saturated carbocycles. The first-order valence-electron chi connectivity index (χ1n) is 9.09. The molecule has 1 heterocycles. The summed E-state index contributed by atoms with van der Waals surface area (Å²) in [7, 11) is 1.61. The minimum atomic E-state index is -0.327. The fraction of sp³-hybridized carbons (Fsp3) is 0.273. The molecule has 0 aliphatic heterocycles. The lowest BCUT2D eigenvalue weighted by Crippen LogP contribution is -2.42. The van der Waals surface area contributed by atoms with Gasteiger partial charge in [0.1, 0.15) is 5.75 Å². The average molecular weight is 399 g/mol. The zero-order chi connectivity index (χ0) is 20.4. The third kappa shape index (κ3) is 3.90. The zero-order valence-corrected chi connectivity index (χ0v) is 17.1. The van der Waals surface area contributed by atoms with E-state index in [0.717, 1.165) is 27.9 Å². The maximum absolute atomic E-state index is 13.1. The molecular weight excluding hydrogens is 376 g/mol. The van der Waals surface area contributed by atoms with Gasteiger partial charge in [0, 0.05) is 33.2 Å². The highest BCUT2D eigenvalue weighted by atomic mass is 35.5. The number of rotatable bonds is 5. The van der Waals surface area contributed by atoms with Crippen LogP contribution in [-0.2, 0) is 11.2 Å². The molecule has 28 heavy (non-hydrogen) atoms. The van der Waals surface area contributed by atoms with E-state index in [2.05, 4.69) is 4.98 Å². The van der Waals surface area contributed by atoms with Crippen LogP contribution in [0, 0.1) is 6.92 Å². The van der Waals surface area contributed by atoms with Gasteiger partial charge in [-0.1, -0.05) is 11.6 Å². The molecule has 5 nitrogen and oxygen atoms in total. The van der Waals surface area contributed by atoms with Crippen molar-refractivity contribution in [2.24, 2.45) is 0 Å². The minimum Gasteiger partial charge on any atom is -0.497 e. The Labute approximate surface area is 169 Å². The number of nitrogens with zero attached hydrogens (tertiary/aromatic N) is 1. The maximum Gasteiger partial charge on any atom is 0.260 e. The molecule has 0 unspecified atom stereocenters. The van der Waals surface area contributed by atoms with Gasteiger partial charge in [-0.05, 0) is 68.8 Å². The van der Waals surface area contributed by atoms with E-state index in [4.69, 9.17) is 16.3 Å². The monoisotopic (exact) mass is 398 g/mol. The Bertz CT molecular complexity index is 1020. The third-order valence-corrected chi connectivity index (χ3v) is 5.00. The largest absolute Gasteiger partial charge is 0.497 e. The van der Waals surface area contributed by atoms with E-state index in [-0.39, 0.29) is 24.3 Å². The van der Waals surface area contributed by atoms with Crippen LogP contribution in [0.15, 0.2) is 42.5 Å². The highest BCUT2D eigenvalue weighted by Crippen LogP contribution is 2.27. The Morgan fingerprint density at radius 1 is 1.14 bits per heavy atom. The van der Waals surface area contributed by atoms with Crippen LogP contribution in [0.5, 0.6) is 5.75 Å². The number of aromatic amines is 1. The molecule has 1 aromatic heterocycles. The molecule has 1 N–H and O–H groups in total. The summed E-state index contributed by atoms with van der Waals surface area (Å²) < 4.78 is 5.31. The number of hydrogen-bond donors (Lipinski definition) is 1. The number of ether oxygens (including phenoxy) is 1. The van der Waals surface area contributed by atoms with Gasteiger partial charge in [-0.25, -0.2) is 0 Å². The van der Waals surface area contributed by atoms with Crippen molar-refractivity contribution in [3.8, 4) is 5.75 Å². The quantitative estimate of drug-likeness (QED) is 0.674. The predicted octanol–water partition coefficient (Wildman–Crippen LogP) is 4.76. The van der Waals surface area contributed by atoms with Crippen LogP contribution < -0.4 is 4.74 Å². The number of methoxy groups -OCH3 is 1. The van der Waals surface area contributed by atoms with Crippen LogP contribution in [-0.4, -0.2) is 34.8 Å². The minimum absolute atomic E-state index is 0.122. The Balaban J connectivity index is 1.93. The van der Waals surface area contributed by atoms with Gasteiger partial charge < -0.3 is 9.72 Å². The summed E-state index contributed by atoms with van der Waals surface area (Å²) in [5.41, 5.74) is 3.14. The molecule has 0 radical (unpaired) electrons. The molecule has 0 aliphatic carbocycles. The lowest BCUT2D eigenvalue weighted by Gasteiger charge is -2.25. The van der Waals surface area contributed by atoms with E-state index in [1.54, 1.807) is 31.4 Å². The smallest absolute Gasteiger partial charge is 0.260 e. The van der Waals surface area contributed by atoms with Gasteiger partial charge >= 0.3 is 0 Å². The lowest BCUT2D eigenvalue weighted by molar-refractivity contribution is -0.129. The van der Waals surface area contributed by atoms with Gasteiger partial charge in [-0.2, -0.15) is 0 Å². The summed E-state index contributed by atoms with van der Waals surface area (Å²) in [5.74, 6) is 0.145. The van der Waals surface area contributed by atoms with Crippen molar-refractivity contribution in [1.82, 2.24) is 9.88 Å². The molecular formula is C22H23ClN2O3. The van der Waals surface area contributed by atoms with Crippen molar-refractivity contribution in [2.45, 2.75) is 33.2 Å². The van der Waals surface area contributed by atoms with E-state index in [1.807, 2.05) is 39.0 Å². The van der Waals surface area contributed by atoms with E-state index in [0.29, 0.717) is 10.6 Å². The second-order valence-electron chi connectivity index (χ2n) is 6.99. The summed E-state index contributed by atoms with van der Waals surface area (Å²) >= 11 is 5.91. The number of benzene rings is 2. The highest BCUT2D eigenvalue weighted by Gasteiger charge is 2.27. The summed E-state index contributed by atoms with van der Waals surface area (Å²) in [6.07, 6.45) is 0.122. The molecule has 2 amide bonds. The fourth-order valence-electron chi connectivity index (χ4n) is 3.32. The third-order valence-electron chi connectivity index (χ3n) is 4.75. The number of aryl methyl sites for hydroxylation is 1. The number of H-pyrrole nitrogens is 1. The molecule has 2 aromatic carbocycles. The molecule has 0 spiro atoms. The van der Waals surface area contributed by atoms with Crippen LogP contribution in [0.2, 0.25) is 5.02 Å². The fourth-order valence-corrected chi connectivity index (χ4v) is 3.45. The normalized spacial score (nSPS) is 11.1. The van der Waals surface area contributed by atoms with Crippen molar-refractivity contribution in [3.63, 3.8) is 0 Å². The first-order chi connectivity index (χ1) is 13.3. The van der Waals surface area contributed by atoms with Crippen LogP contribution >= 0.6 is 11.6 Å². The van der Waals surface area contributed by atoms with Crippen molar-refractivity contribution < 1.29 is 14.3 Å². The number of carbonyl (C=O) groups is 2. The molecule has 3 rings (SSSR count). The van der Waals surface area contributed by atoms with Crippen LogP contribution in [0.1, 0.15) is 35.5 Å². The molecule has 0 aliphatic rings. The number of hydrogen-bond acceptors (Lipinski definition) is 3. The van der Waals surface area contributed by atoms with E-state index < -0.39 is 0 Å². The number of aromatic nitrogens is 1. The number of fused-ring (bicyclic) bond motifs is 1. The summed E-state index contributed by atoms with van der Waals surface area (Å²) in [5, 5.41) is 1.47. The average Bonchev–Trinajstić information content (AvgIpc) is 2.96. The summed E-state index contributed by atoms with van der Waals surface area (Å²) in [4.78, 5) is 30.7. The van der Waals surface area contributed by atoms with Crippen LogP contribution in [0.4, 0.5) is 0 Å². The molecule has 0 fully saturated rings. The maximum atomic E-state index is 13.1. The number of nitrogens with one attached hydrogen (secondary N) is 1. The van der Waals surface area contributed by atoms with Gasteiger partial charge in [0.15, 0.2) is 0 Å². The molecule has 0 saturated heterocycles. The SMILES string of the molecule is COc1ccc2[nH]c(C)c(CC(=O)N(C(=O)c3ccc(Cl)cc3)C(C)C)c2c1. The summed E-state index contributed by atoms with van der Waals surface area (Å²) in [6.45, 7) is 5.59. The Morgan fingerprint density at radius 2 is 1.82 bits per heavy atom. The van der Waals surface area contributed by atoms with Crippen molar-refractivity contribution in [1.29, 1.82) is 0 Å². The van der Waals surface area contributed by atoms with Crippen LogP contribution in [0.3, 0.4) is 0 Å². The predicted molar refractivity (Wildman–Crippen MR) is 111 cm³/mol. The first kappa shape index (κ1) is 20.0. The molecule has 0 atom stereocenters. The topological polar surface area (TPSA) is 62.4 Å². The van der Waals surface area contributed by atoms with Crippen molar-refractivity contribution in [2.75, 3.05) is 7.11 Å². The zero-order valence-electron chi connectivity index (χ0n) is 16.4. The number of halogens is 1. The Kier molecular flexibility index (Phi) is 5.75. The first-order valence-corrected chi connectivity index (χ1v) is 9.46. The molecule has 146 valence electrons. The van der Waals surface area contributed by atoms with Gasteiger partial charge in [0.25, 0.3) is 5.91 Å².